The van der Waals surface area contributed by atoms with E-state index >= 15 is 0 Å². The highest BCUT2D eigenvalue weighted by molar-refractivity contribution is 8.01. The van der Waals surface area contributed by atoms with Gasteiger partial charge in [0.05, 0.1) is 17.5 Å². The van der Waals surface area contributed by atoms with Gasteiger partial charge in [0.15, 0.2) is 24.7 Å². The van der Waals surface area contributed by atoms with Crippen molar-refractivity contribution < 1.29 is 47.1 Å². The summed E-state index contributed by atoms with van der Waals surface area (Å²) in [6.07, 6.45) is 42.7. The Balaban J connectivity index is 0.000000119. The molecule has 8 aromatic carbocycles. The van der Waals surface area contributed by atoms with Crippen LogP contribution in [0.1, 0.15) is 329 Å². The first kappa shape index (κ1) is 107. The lowest BCUT2D eigenvalue weighted by atomic mass is 9.48. The fourth-order valence-corrected chi connectivity index (χ4v) is 47.2. The third-order valence-corrected chi connectivity index (χ3v) is 55.7. The maximum absolute atomic E-state index is 13.9. The van der Waals surface area contributed by atoms with Crippen molar-refractivity contribution >= 4 is 129 Å². The highest BCUT2D eigenvalue weighted by Gasteiger charge is 2.61. The number of rotatable bonds is 25. The highest BCUT2D eigenvalue weighted by Crippen LogP contribution is 2.61. The maximum atomic E-state index is 13.9. The predicted octanol–water partition coefficient (Wildman–Crippen LogP) is 27.6. The summed E-state index contributed by atoms with van der Waals surface area (Å²) >= 11 is 1.73. The first-order valence-corrected chi connectivity index (χ1v) is 65.7. The second-order valence-electron chi connectivity index (χ2n) is 42.6. The van der Waals surface area contributed by atoms with Crippen molar-refractivity contribution in [2.45, 2.75) is 303 Å². The number of alkyl halides is 2. The van der Waals surface area contributed by atoms with E-state index in [1.165, 1.54) is 263 Å². The quantitative estimate of drug-likeness (QED) is 0.0406. The molecule has 0 spiro atoms. The summed E-state index contributed by atoms with van der Waals surface area (Å²) in [5.74, 6) is 21.2. The molecule has 8 aromatic rings. The minimum Gasteiger partial charge on any atom is -0.375 e. The molecule has 4 bridgehead atoms. The van der Waals surface area contributed by atoms with Crippen molar-refractivity contribution in [3.05, 3.63) is 274 Å². The van der Waals surface area contributed by atoms with Crippen LogP contribution in [-0.2, 0) is 92.8 Å². The average Bonchev–Trinajstić information content (AvgIpc) is 1.58. The molecule has 14 fully saturated rings. The molecule has 8 nitrogen and oxygen atoms in total. The van der Waals surface area contributed by atoms with Crippen molar-refractivity contribution in [3.8, 4) is 0 Å². The van der Waals surface area contributed by atoms with Crippen molar-refractivity contribution in [1.29, 1.82) is 0 Å². The summed E-state index contributed by atoms with van der Waals surface area (Å²) in [6.45, 7) is 12.2. The molecule has 8 heterocycles. The topological polar surface area (TPSA) is 129 Å². The Morgan fingerprint density at radius 3 is 1.38 bits per heavy atom. The van der Waals surface area contributed by atoms with E-state index in [0.717, 1.165) is 116 Å². The molecule has 23 rings (SSSR count). The van der Waals surface area contributed by atoms with Gasteiger partial charge in [0.25, 0.3) is 5.78 Å². The monoisotopic (exact) mass is 2040 g/mol. The van der Waals surface area contributed by atoms with Gasteiger partial charge in [-0.05, 0) is 262 Å². The van der Waals surface area contributed by atoms with E-state index in [1.807, 2.05) is 133 Å². The molecular weight excluding hydrogens is 1890 g/mol. The summed E-state index contributed by atoms with van der Waals surface area (Å²) < 4.78 is 32.9. The van der Waals surface area contributed by atoms with Gasteiger partial charge in [0.1, 0.15) is 87.1 Å². The van der Waals surface area contributed by atoms with E-state index in [-0.39, 0.29) is 57.2 Å². The molecule has 6 saturated carbocycles. The second-order valence-corrected chi connectivity index (χ2v) is 61.5. The molecule has 8 saturated heterocycles. The smallest absolute Gasteiger partial charge is 0.375 e. The number of ether oxygens (including phenoxy) is 1. The fourth-order valence-electron chi connectivity index (χ4n) is 25.8. The Morgan fingerprint density at radius 2 is 0.843 bits per heavy atom. The summed E-state index contributed by atoms with van der Waals surface area (Å²) in [6, 6.07) is 71.7. The number of Topliss-reactive ketones (excluding diaryl/α,β-unsaturated/α-hetero) is 7. The van der Waals surface area contributed by atoms with Gasteiger partial charge in [0.2, 0.25) is 39.4 Å². The number of carbonyl (C=O) groups excluding carboxylic acids is 7. The van der Waals surface area contributed by atoms with E-state index in [4.69, 9.17) is 4.74 Å². The molecule has 18 heteroatoms. The SMILES string of the molecule is CC(C)(C(=O)c1ccc(Sc2ccccc2)cc1)[S+]1CCCC1.CCC(CC)(C(=O)c1ccc(C23CC4CC(CC(C4)C2)C3)cc1)[S+]1CCCC1.Cc1ccc(C(=O)C2([S+]3CCCC3)CCOC2)cc1.O=C(c1ccccc1)C(C1CCCCC1)[S+]1CCCC1.O=C(c1ccccc1)C(F)(F)[S+]1CCCC1.O=C(c1ccccc1)C1([S+]2CCCC2)CCCC1.O=C1c2ccccc2CCC1[S+]1CCCC1. The molecule has 0 aromatic heterocycles. The lowest BCUT2D eigenvalue weighted by Crippen LogP contribution is -2.48. The lowest BCUT2D eigenvalue weighted by molar-refractivity contribution is -0.00520. The van der Waals surface area contributed by atoms with Gasteiger partial charge < -0.3 is 4.74 Å². The minimum absolute atomic E-state index is 0.0256. The number of hydrogen-bond acceptors (Lipinski definition) is 9. The van der Waals surface area contributed by atoms with Crippen LogP contribution < -0.4 is 0 Å². The first-order chi connectivity index (χ1) is 68.0. The van der Waals surface area contributed by atoms with Gasteiger partial charge in [-0.25, -0.2) is 0 Å². The number of hydrogen-bond donors (Lipinski definition) is 0. The van der Waals surface area contributed by atoms with E-state index in [1.54, 1.807) is 35.5 Å². The number of benzene rings is 8. The average molecular weight is 2050 g/mol. The highest BCUT2D eigenvalue weighted by atomic mass is 32.2. The summed E-state index contributed by atoms with van der Waals surface area (Å²) in [7, 11) is 0.815. The third-order valence-electron chi connectivity index (χ3n) is 33.3. The van der Waals surface area contributed by atoms with Crippen LogP contribution in [0.25, 0.3) is 0 Å². The van der Waals surface area contributed by atoms with Crippen LogP contribution in [0.2, 0.25) is 0 Å². The van der Waals surface area contributed by atoms with Crippen molar-refractivity contribution in [2.24, 2.45) is 23.7 Å². The Labute approximate surface area is 862 Å². The summed E-state index contributed by atoms with van der Waals surface area (Å²) in [5, 5.41) is -2.48. The summed E-state index contributed by atoms with van der Waals surface area (Å²) in [4.78, 5) is 92.1. The van der Waals surface area contributed by atoms with Crippen LogP contribution in [0.5, 0.6) is 0 Å². The van der Waals surface area contributed by atoms with Gasteiger partial charge >= 0.3 is 5.25 Å². The Bertz CT molecular complexity index is 5270. The summed E-state index contributed by atoms with van der Waals surface area (Å²) in [5.41, 5.74) is 10.2. The molecule has 8 aliphatic heterocycles. The zero-order chi connectivity index (χ0) is 97.7. The van der Waals surface area contributed by atoms with Crippen LogP contribution in [-0.4, -0.2) is 169 Å². The fraction of sp³-hybridized carbons (Fsp3) is 0.549. The van der Waals surface area contributed by atoms with E-state index < -0.39 is 21.9 Å². The zero-order valence-corrected chi connectivity index (χ0v) is 90.9. The van der Waals surface area contributed by atoms with Crippen LogP contribution in [0.3, 0.4) is 0 Å². The van der Waals surface area contributed by atoms with Gasteiger partial charge in [-0.1, -0.05) is 245 Å². The Morgan fingerprint density at radius 1 is 0.414 bits per heavy atom. The van der Waals surface area contributed by atoms with Gasteiger partial charge in [0, 0.05) is 137 Å². The number of aryl methyl sites for hydroxylation is 2. The van der Waals surface area contributed by atoms with E-state index in [2.05, 4.69) is 89.2 Å². The molecule has 3 unspecified atom stereocenters. The standard InChI is InChI=1S/C26H37OS.C20H23OS2.C18H25OS.C16H21O2S.C16H21OS.C14H17OS.C12H13F2OS/c1-3-26(4-2,28-11-5-6-12-28)24(27)22-7-9-23(10-8-22)25-16-19-13-20(17-25)15-21(14-19)18-25;1-20(2,23-14-6-7-15-23)19(21)16-10-12-18(13-11-16)22-17-8-4-3-5-9-17;19-17(15-9-3-1-4-10-15)18(20-13-7-8-14-20)16-11-5-2-6-12-16;1-13-4-6-14(7-5-13)15(17)16(8-9-18-12-16)19-10-2-3-11-19;17-15(14-8-2-1-3-9-14)16(10-4-5-11-16)18-12-6-7-13-18;15-14-12-6-2-1-5-11(12)7-8-13(14)16-9-3-4-10-16;13-12(14,16-8-4-5-9-16)11(15)10-6-2-1-3-7-10/h7-10,19-21H,3-6,11-18H2,1-2H3;3-5,8-13H,6-7,14-15H2,1-2H3;1,3-4,9-10,16,18H,2,5-8,11-14H2;4-7H,2-3,8-12H2,1H3;1-3,8-9H,4-7,10-13H2;1-2,5-6,13H,3-4,7-10H2;1-3,6-7H,4-5,8-9H2/q7*+1. The van der Waals surface area contributed by atoms with Crippen LogP contribution in [0, 0.1) is 30.6 Å². The third kappa shape index (κ3) is 25.5. The number of ketones is 7. The Hall–Kier alpha value is -5.93. The molecular formula is C122H157F2O8S8+7. The maximum Gasteiger partial charge on any atom is 0.474 e. The van der Waals surface area contributed by atoms with Crippen molar-refractivity contribution in [1.82, 2.24) is 0 Å². The van der Waals surface area contributed by atoms with Crippen LogP contribution in [0.4, 0.5) is 8.78 Å². The number of halogens is 2. The Kier molecular flexibility index (Phi) is 38.7. The molecule has 15 aliphatic rings. The molecule has 7 aliphatic carbocycles. The normalized spacial score (nSPS) is 24.6. The zero-order valence-electron chi connectivity index (χ0n) is 84.4. The van der Waals surface area contributed by atoms with Crippen LogP contribution >= 0.6 is 11.8 Å². The molecule has 3 atom stereocenters. The molecule has 0 amide bonds. The number of carbonyl (C=O) groups is 7. The van der Waals surface area contributed by atoms with Gasteiger partial charge in [-0.3, -0.25) is 33.6 Å². The van der Waals surface area contributed by atoms with E-state index in [0.29, 0.717) is 107 Å². The predicted molar refractivity (Wildman–Crippen MR) is 599 cm³/mol. The lowest BCUT2D eigenvalue weighted by Gasteiger charge is -2.57. The van der Waals surface area contributed by atoms with Crippen molar-refractivity contribution in [2.75, 3.05) is 93.8 Å². The molecule has 0 N–H and O–H groups in total. The number of fused-ring (bicyclic) bond motifs is 1. The largest absolute Gasteiger partial charge is 0.474 e. The molecule has 748 valence electrons. The minimum atomic E-state index is -3.17. The first-order valence-electron chi connectivity index (χ1n) is 53.8. The second kappa shape index (κ2) is 50.6. The van der Waals surface area contributed by atoms with Crippen molar-refractivity contribution in [3.63, 3.8) is 0 Å². The molecule has 0 radical (unpaired) electrons. The van der Waals surface area contributed by atoms with Crippen LogP contribution in [0.15, 0.2) is 228 Å². The van der Waals surface area contributed by atoms with Gasteiger partial charge in [-0.15, -0.1) is 8.78 Å². The van der Waals surface area contributed by atoms with Gasteiger partial charge in [-0.2, -0.15) is 0 Å². The van der Waals surface area contributed by atoms with E-state index in [9.17, 15) is 42.3 Å². The molecule has 140 heavy (non-hydrogen) atoms.